The Morgan fingerprint density at radius 2 is 2.36 bits per heavy atom. The molecule has 3 nitrogen and oxygen atoms in total. The van der Waals surface area contributed by atoms with E-state index in [0.717, 1.165) is 24.1 Å². The highest BCUT2D eigenvalue weighted by Gasteiger charge is 2.22. The third-order valence-electron chi connectivity index (χ3n) is 2.60. The quantitative estimate of drug-likeness (QED) is 0.706. The van der Waals surface area contributed by atoms with Gasteiger partial charge in [0.05, 0.1) is 0 Å². The molecule has 0 fully saturated rings. The Bertz CT molecular complexity index is 374. The maximum Gasteiger partial charge on any atom is 0.221 e. The van der Waals surface area contributed by atoms with E-state index in [1.807, 2.05) is 12.1 Å². The fraction of sp³-hybridized carbons (Fsp3) is 0.364. The smallest absolute Gasteiger partial charge is 0.221 e. The van der Waals surface area contributed by atoms with Gasteiger partial charge in [-0.15, -0.1) is 0 Å². The van der Waals surface area contributed by atoms with E-state index < -0.39 is 0 Å². The lowest BCUT2D eigenvalue weighted by Gasteiger charge is -2.11. The molecule has 14 heavy (non-hydrogen) atoms. The highest BCUT2D eigenvalue weighted by Crippen LogP contribution is 2.34. The Morgan fingerprint density at radius 1 is 1.57 bits per heavy atom. The van der Waals surface area contributed by atoms with Crippen molar-refractivity contribution in [2.45, 2.75) is 25.8 Å². The molecule has 3 heteroatoms. The number of rotatable bonds is 1. The van der Waals surface area contributed by atoms with Gasteiger partial charge in [0.25, 0.3) is 0 Å². The first kappa shape index (κ1) is 9.21. The molecule has 0 unspecified atom stereocenters. The van der Waals surface area contributed by atoms with Crippen molar-refractivity contribution in [2.75, 3.05) is 5.32 Å². The predicted molar refractivity (Wildman–Crippen MR) is 56.0 cm³/mol. The van der Waals surface area contributed by atoms with Crippen molar-refractivity contribution < 1.29 is 4.79 Å². The molecule has 0 aromatic heterocycles. The summed E-state index contributed by atoms with van der Waals surface area (Å²) in [7, 11) is 0. The first-order chi connectivity index (χ1) is 6.68. The zero-order chi connectivity index (χ0) is 10.1. The molecule has 1 aliphatic carbocycles. The summed E-state index contributed by atoms with van der Waals surface area (Å²) in [5, 5.41) is 2.82. The van der Waals surface area contributed by atoms with E-state index in [4.69, 9.17) is 5.73 Å². The number of nitrogens with one attached hydrogen (secondary N) is 1. The van der Waals surface area contributed by atoms with Gasteiger partial charge in [0.2, 0.25) is 5.91 Å². The fourth-order valence-electron chi connectivity index (χ4n) is 2.02. The van der Waals surface area contributed by atoms with Crippen molar-refractivity contribution in [1.29, 1.82) is 0 Å². The molecule has 0 heterocycles. The summed E-state index contributed by atoms with van der Waals surface area (Å²) in [6, 6.07) is 6.02. The van der Waals surface area contributed by atoms with Crippen LogP contribution in [-0.4, -0.2) is 5.91 Å². The number of hydrogen-bond acceptors (Lipinski definition) is 2. The number of anilines is 1. The van der Waals surface area contributed by atoms with Crippen LogP contribution in [0.2, 0.25) is 0 Å². The molecule has 0 radical (unpaired) electrons. The number of fused-ring (bicyclic) bond motifs is 1. The third-order valence-corrected chi connectivity index (χ3v) is 2.60. The molecule has 74 valence electrons. The van der Waals surface area contributed by atoms with Crippen LogP contribution in [0.25, 0.3) is 0 Å². The molecule has 1 atom stereocenters. The maximum atomic E-state index is 11.0. The first-order valence-corrected chi connectivity index (χ1v) is 4.83. The molecule has 1 aromatic carbocycles. The van der Waals surface area contributed by atoms with Crippen molar-refractivity contribution in [3.8, 4) is 0 Å². The second-order valence-electron chi connectivity index (χ2n) is 3.70. The molecule has 0 saturated carbocycles. The van der Waals surface area contributed by atoms with Crippen LogP contribution in [0.15, 0.2) is 18.2 Å². The number of aryl methyl sites for hydroxylation is 1. The van der Waals surface area contributed by atoms with E-state index in [1.54, 1.807) is 0 Å². The number of benzene rings is 1. The van der Waals surface area contributed by atoms with Gasteiger partial charge in [-0.25, -0.2) is 0 Å². The van der Waals surface area contributed by atoms with Crippen LogP contribution >= 0.6 is 0 Å². The largest absolute Gasteiger partial charge is 0.326 e. The maximum absolute atomic E-state index is 11.0. The van der Waals surface area contributed by atoms with Crippen LogP contribution < -0.4 is 11.1 Å². The summed E-state index contributed by atoms with van der Waals surface area (Å²) in [6.07, 6.45) is 2.00. The Balaban J connectivity index is 2.41. The van der Waals surface area contributed by atoms with Crippen LogP contribution in [0.4, 0.5) is 5.69 Å². The summed E-state index contributed by atoms with van der Waals surface area (Å²) in [5.74, 6) is -0.0440. The van der Waals surface area contributed by atoms with Crippen molar-refractivity contribution in [3.63, 3.8) is 0 Å². The summed E-state index contributed by atoms with van der Waals surface area (Å²) in [5.41, 5.74) is 9.23. The molecule has 3 N–H and O–H groups in total. The van der Waals surface area contributed by atoms with Gasteiger partial charge in [-0.2, -0.15) is 0 Å². The Morgan fingerprint density at radius 3 is 3.07 bits per heavy atom. The monoisotopic (exact) mass is 190 g/mol. The van der Waals surface area contributed by atoms with E-state index in [0.29, 0.717) is 0 Å². The van der Waals surface area contributed by atoms with Gasteiger partial charge in [-0.3, -0.25) is 4.79 Å². The van der Waals surface area contributed by atoms with Crippen molar-refractivity contribution in [1.82, 2.24) is 0 Å². The molecule has 1 aliphatic rings. The highest BCUT2D eigenvalue weighted by molar-refractivity contribution is 5.90. The van der Waals surface area contributed by atoms with Crippen LogP contribution in [0.1, 0.15) is 30.5 Å². The third kappa shape index (κ3) is 1.51. The Labute approximate surface area is 83.3 Å². The van der Waals surface area contributed by atoms with Gasteiger partial charge >= 0.3 is 0 Å². The first-order valence-electron chi connectivity index (χ1n) is 4.83. The van der Waals surface area contributed by atoms with E-state index in [1.165, 1.54) is 12.5 Å². The molecular weight excluding hydrogens is 176 g/mol. The highest BCUT2D eigenvalue weighted by atomic mass is 16.1. The van der Waals surface area contributed by atoms with Crippen LogP contribution in [0.5, 0.6) is 0 Å². The SMILES string of the molecule is CC(=O)Nc1cccc2c1[C@H](N)CC2. The summed E-state index contributed by atoms with van der Waals surface area (Å²) >= 11 is 0. The van der Waals surface area contributed by atoms with Gasteiger partial charge in [0.15, 0.2) is 0 Å². The minimum Gasteiger partial charge on any atom is -0.326 e. The van der Waals surface area contributed by atoms with Crippen molar-refractivity contribution in [3.05, 3.63) is 29.3 Å². The van der Waals surface area contributed by atoms with Gasteiger partial charge in [0.1, 0.15) is 0 Å². The molecular formula is C11H14N2O. The van der Waals surface area contributed by atoms with E-state index in [2.05, 4.69) is 11.4 Å². The minimum absolute atomic E-state index is 0.0440. The van der Waals surface area contributed by atoms with Gasteiger partial charge in [-0.05, 0) is 30.0 Å². The van der Waals surface area contributed by atoms with E-state index in [-0.39, 0.29) is 11.9 Å². The average Bonchev–Trinajstić information content (AvgIpc) is 2.48. The molecule has 0 saturated heterocycles. The molecule has 0 bridgehead atoms. The molecule has 0 aliphatic heterocycles. The zero-order valence-corrected chi connectivity index (χ0v) is 8.21. The number of carbonyl (C=O) groups is 1. The Kier molecular flexibility index (Phi) is 2.25. The number of nitrogens with two attached hydrogens (primary N) is 1. The van der Waals surface area contributed by atoms with Gasteiger partial charge < -0.3 is 11.1 Å². The van der Waals surface area contributed by atoms with E-state index in [9.17, 15) is 4.79 Å². The van der Waals surface area contributed by atoms with Crippen molar-refractivity contribution in [2.24, 2.45) is 5.73 Å². The second-order valence-corrected chi connectivity index (χ2v) is 3.70. The normalized spacial score (nSPS) is 19.1. The number of carbonyl (C=O) groups excluding carboxylic acids is 1. The number of amides is 1. The number of hydrogen-bond donors (Lipinski definition) is 2. The van der Waals surface area contributed by atoms with Gasteiger partial charge in [0, 0.05) is 18.7 Å². The zero-order valence-electron chi connectivity index (χ0n) is 8.21. The summed E-state index contributed by atoms with van der Waals surface area (Å²) < 4.78 is 0. The molecule has 2 rings (SSSR count). The lowest BCUT2D eigenvalue weighted by Crippen LogP contribution is -2.12. The lowest BCUT2D eigenvalue weighted by molar-refractivity contribution is -0.114. The van der Waals surface area contributed by atoms with Gasteiger partial charge in [-0.1, -0.05) is 12.1 Å². The van der Waals surface area contributed by atoms with Crippen molar-refractivity contribution >= 4 is 11.6 Å². The van der Waals surface area contributed by atoms with Crippen LogP contribution in [-0.2, 0) is 11.2 Å². The second kappa shape index (κ2) is 3.42. The molecule has 1 amide bonds. The lowest BCUT2D eigenvalue weighted by atomic mass is 10.1. The summed E-state index contributed by atoms with van der Waals surface area (Å²) in [6.45, 7) is 1.51. The van der Waals surface area contributed by atoms with E-state index >= 15 is 0 Å². The van der Waals surface area contributed by atoms with Crippen LogP contribution in [0.3, 0.4) is 0 Å². The predicted octanol–water partition coefficient (Wildman–Crippen LogP) is 1.59. The average molecular weight is 190 g/mol. The molecule has 1 aromatic rings. The molecule has 0 spiro atoms. The fourth-order valence-corrected chi connectivity index (χ4v) is 2.02. The Hall–Kier alpha value is -1.35. The minimum atomic E-state index is -0.0440. The van der Waals surface area contributed by atoms with Crippen LogP contribution in [0, 0.1) is 0 Å². The topological polar surface area (TPSA) is 55.1 Å². The standard InChI is InChI=1S/C11H14N2O/c1-7(14)13-10-4-2-3-8-5-6-9(12)11(8)10/h2-4,9H,5-6,12H2,1H3,(H,13,14)/t9-/m1/s1. The summed E-state index contributed by atoms with van der Waals surface area (Å²) in [4.78, 5) is 11.0.